The number of likely N-dealkylation sites (tertiary alicyclic amines) is 1. The Bertz CT molecular complexity index is 669. The molecule has 1 saturated heterocycles. The van der Waals surface area contributed by atoms with Crippen LogP contribution in [0.1, 0.15) is 41.7 Å². The largest absolute Gasteiger partial charge is 0.342 e. The van der Waals surface area contributed by atoms with Gasteiger partial charge in [0.15, 0.2) is 0 Å². The van der Waals surface area contributed by atoms with Gasteiger partial charge in [0.2, 0.25) is 5.91 Å². The zero-order valence-electron chi connectivity index (χ0n) is 12.8. The summed E-state index contributed by atoms with van der Waals surface area (Å²) in [6.07, 6.45) is 4.05. The van der Waals surface area contributed by atoms with Gasteiger partial charge in [-0.05, 0) is 32.8 Å². The molecule has 0 spiro atoms. The number of rotatable bonds is 3. The molecule has 1 aliphatic rings. The van der Waals surface area contributed by atoms with E-state index in [4.69, 9.17) is 0 Å². The molecule has 1 fully saturated rings. The van der Waals surface area contributed by atoms with Gasteiger partial charge in [-0.3, -0.25) is 4.79 Å². The molecule has 1 atom stereocenters. The zero-order chi connectivity index (χ0) is 15.5. The van der Waals surface area contributed by atoms with Crippen LogP contribution in [0.2, 0.25) is 0 Å². The summed E-state index contributed by atoms with van der Waals surface area (Å²) in [5.41, 5.74) is 2.31. The van der Waals surface area contributed by atoms with Crippen LogP contribution in [-0.2, 0) is 11.2 Å². The first-order valence-corrected chi connectivity index (χ1v) is 7.49. The van der Waals surface area contributed by atoms with Crippen LogP contribution in [-0.4, -0.2) is 44.2 Å². The number of carbonyl (C=O) groups excluding carboxylic acids is 1. The number of aromatic nitrogens is 4. The van der Waals surface area contributed by atoms with Gasteiger partial charge in [-0.2, -0.15) is 0 Å². The summed E-state index contributed by atoms with van der Waals surface area (Å²) >= 11 is 0. The van der Waals surface area contributed by atoms with Gasteiger partial charge in [-0.15, -0.1) is 0 Å². The highest BCUT2D eigenvalue weighted by Gasteiger charge is 2.26. The number of carbonyl (C=O) groups is 1. The maximum Gasteiger partial charge on any atom is 0.228 e. The van der Waals surface area contributed by atoms with Crippen LogP contribution < -0.4 is 0 Å². The van der Waals surface area contributed by atoms with Crippen molar-refractivity contribution in [2.75, 3.05) is 13.1 Å². The monoisotopic (exact) mass is 301 g/mol. The van der Waals surface area contributed by atoms with Crippen LogP contribution >= 0.6 is 0 Å². The topological polar surface area (TPSA) is 85.0 Å². The Kier molecular flexibility index (Phi) is 4.13. The molecule has 0 saturated carbocycles. The fourth-order valence-corrected chi connectivity index (χ4v) is 2.81. The molecular formula is C15H19N5O2. The predicted octanol–water partition coefficient (Wildman–Crippen LogP) is 1.43. The van der Waals surface area contributed by atoms with Crippen molar-refractivity contribution < 1.29 is 9.42 Å². The Balaban J connectivity index is 1.67. The normalized spacial score (nSPS) is 18.5. The predicted molar refractivity (Wildman–Crippen MR) is 78.1 cm³/mol. The summed E-state index contributed by atoms with van der Waals surface area (Å²) in [5.74, 6) is 1.11. The van der Waals surface area contributed by atoms with E-state index in [-0.39, 0.29) is 18.2 Å². The highest BCUT2D eigenvalue weighted by Crippen LogP contribution is 2.25. The van der Waals surface area contributed by atoms with Gasteiger partial charge in [0, 0.05) is 30.9 Å². The lowest BCUT2D eigenvalue weighted by Gasteiger charge is -2.32. The Labute approximate surface area is 128 Å². The van der Waals surface area contributed by atoms with Gasteiger partial charge >= 0.3 is 0 Å². The highest BCUT2D eigenvalue weighted by molar-refractivity contribution is 5.78. The number of aryl methyl sites for hydroxylation is 2. The van der Waals surface area contributed by atoms with Gasteiger partial charge in [0.05, 0.1) is 6.42 Å². The second-order valence-electron chi connectivity index (χ2n) is 5.68. The molecule has 3 rings (SSSR count). The van der Waals surface area contributed by atoms with E-state index in [9.17, 15) is 4.79 Å². The van der Waals surface area contributed by atoms with Crippen LogP contribution in [0, 0.1) is 13.8 Å². The quantitative estimate of drug-likeness (QED) is 0.852. The van der Waals surface area contributed by atoms with E-state index in [1.165, 1.54) is 0 Å². The molecule has 1 amide bonds. The SMILES string of the molecule is Cc1nccc([C@@H]2CCCN(C(=O)Cc3nonc3C)C2)n1. The molecule has 3 heterocycles. The molecule has 7 heteroatoms. The molecule has 0 unspecified atom stereocenters. The Morgan fingerprint density at radius 2 is 2.27 bits per heavy atom. The third-order valence-corrected chi connectivity index (χ3v) is 4.06. The molecule has 2 aromatic rings. The molecule has 1 aliphatic heterocycles. The average molecular weight is 301 g/mol. The fraction of sp³-hybridized carbons (Fsp3) is 0.533. The van der Waals surface area contributed by atoms with Gasteiger partial charge in [0.25, 0.3) is 0 Å². The van der Waals surface area contributed by atoms with Gasteiger partial charge in [-0.1, -0.05) is 10.3 Å². The van der Waals surface area contributed by atoms with Gasteiger partial charge < -0.3 is 4.90 Å². The van der Waals surface area contributed by atoms with Crippen molar-refractivity contribution in [3.05, 3.63) is 35.2 Å². The minimum atomic E-state index is 0.0641. The van der Waals surface area contributed by atoms with Crippen LogP contribution in [0.25, 0.3) is 0 Å². The van der Waals surface area contributed by atoms with E-state index in [2.05, 4.69) is 24.9 Å². The lowest BCUT2D eigenvalue weighted by atomic mass is 9.94. The summed E-state index contributed by atoms with van der Waals surface area (Å²) < 4.78 is 4.65. The van der Waals surface area contributed by atoms with E-state index >= 15 is 0 Å². The molecule has 0 radical (unpaired) electrons. The molecule has 0 bridgehead atoms. The van der Waals surface area contributed by atoms with Crippen molar-refractivity contribution in [2.24, 2.45) is 0 Å². The van der Waals surface area contributed by atoms with Gasteiger partial charge in [-0.25, -0.2) is 14.6 Å². The summed E-state index contributed by atoms with van der Waals surface area (Å²) in [7, 11) is 0. The van der Waals surface area contributed by atoms with E-state index in [1.807, 2.05) is 17.9 Å². The maximum atomic E-state index is 12.4. The molecule has 22 heavy (non-hydrogen) atoms. The smallest absolute Gasteiger partial charge is 0.228 e. The first-order valence-electron chi connectivity index (χ1n) is 7.49. The molecule has 116 valence electrons. The lowest BCUT2D eigenvalue weighted by Crippen LogP contribution is -2.40. The number of nitrogens with zero attached hydrogens (tertiary/aromatic N) is 5. The van der Waals surface area contributed by atoms with Crippen LogP contribution in [0.5, 0.6) is 0 Å². The van der Waals surface area contributed by atoms with E-state index in [0.717, 1.165) is 30.9 Å². The fourth-order valence-electron chi connectivity index (χ4n) is 2.81. The molecular weight excluding hydrogens is 282 g/mol. The third-order valence-electron chi connectivity index (χ3n) is 4.06. The van der Waals surface area contributed by atoms with E-state index < -0.39 is 0 Å². The summed E-state index contributed by atoms with van der Waals surface area (Å²) in [4.78, 5) is 23.0. The number of hydrogen-bond acceptors (Lipinski definition) is 6. The first-order chi connectivity index (χ1) is 10.6. The second kappa shape index (κ2) is 6.21. The molecule has 7 nitrogen and oxygen atoms in total. The Morgan fingerprint density at radius 1 is 1.41 bits per heavy atom. The second-order valence-corrected chi connectivity index (χ2v) is 5.68. The van der Waals surface area contributed by atoms with Crippen molar-refractivity contribution in [3.63, 3.8) is 0 Å². The average Bonchev–Trinajstić information content (AvgIpc) is 2.92. The van der Waals surface area contributed by atoms with Crippen molar-refractivity contribution >= 4 is 5.91 Å². The standard InChI is InChI=1S/C15H19N5O2/c1-10-14(19-22-18-10)8-15(21)20-7-3-4-12(9-20)13-5-6-16-11(2)17-13/h5-6,12H,3-4,7-9H2,1-2H3/t12-/m1/s1. The number of amides is 1. The highest BCUT2D eigenvalue weighted by atomic mass is 16.6. The first kappa shape index (κ1) is 14.6. The van der Waals surface area contributed by atoms with Crippen LogP contribution in [0.3, 0.4) is 0 Å². The Morgan fingerprint density at radius 3 is 3.00 bits per heavy atom. The third kappa shape index (κ3) is 3.13. The minimum absolute atomic E-state index is 0.0641. The summed E-state index contributed by atoms with van der Waals surface area (Å²) in [6.45, 7) is 5.15. The van der Waals surface area contributed by atoms with Crippen LogP contribution in [0.4, 0.5) is 0 Å². The van der Waals surface area contributed by atoms with E-state index in [0.29, 0.717) is 17.9 Å². The molecule has 0 N–H and O–H groups in total. The zero-order valence-corrected chi connectivity index (χ0v) is 12.8. The Hall–Kier alpha value is -2.31. The molecule has 2 aromatic heterocycles. The van der Waals surface area contributed by atoms with Crippen LogP contribution in [0.15, 0.2) is 16.9 Å². The number of piperidine rings is 1. The lowest BCUT2D eigenvalue weighted by molar-refractivity contribution is -0.131. The number of hydrogen-bond donors (Lipinski definition) is 0. The van der Waals surface area contributed by atoms with Crippen molar-refractivity contribution in [1.29, 1.82) is 0 Å². The summed E-state index contributed by atoms with van der Waals surface area (Å²) in [6, 6.07) is 1.94. The minimum Gasteiger partial charge on any atom is -0.342 e. The summed E-state index contributed by atoms with van der Waals surface area (Å²) in [5, 5.41) is 7.50. The molecule has 0 aliphatic carbocycles. The van der Waals surface area contributed by atoms with Crippen molar-refractivity contribution in [2.45, 2.75) is 39.0 Å². The van der Waals surface area contributed by atoms with E-state index in [1.54, 1.807) is 13.1 Å². The van der Waals surface area contributed by atoms with Crippen molar-refractivity contribution in [1.82, 2.24) is 25.2 Å². The van der Waals surface area contributed by atoms with Crippen molar-refractivity contribution in [3.8, 4) is 0 Å². The van der Waals surface area contributed by atoms with Gasteiger partial charge in [0.1, 0.15) is 17.2 Å². The molecule has 0 aromatic carbocycles. The maximum absolute atomic E-state index is 12.4.